The monoisotopic (exact) mass is 332 g/mol. The van der Waals surface area contributed by atoms with Crippen LogP contribution in [-0.2, 0) is 14.3 Å². The molecule has 1 aliphatic rings. The summed E-state index contributed by atoms with van der Waals surface area (Å²) in [4.78, 5) is 34.3. The standard InChI is InChI=1S/C16H16N2O6/c1-3-24-16(21)12-8-17-9(2)13(15(19)20)14(12)10-5-4-6-11(7-10)18(22)23/h4-8,14,17H,3H2,1-2H3,(H,19,20). The van der Waals surface area contributed by atoms with E-state index in [0.29, 0.717) is 11.3 Å². The quantitative estimate of drug-likeness (QED) is 0.481. The molecule has 0 aliphatic carbocycles. The molecule has 0 saturated carbocycles. The maximum Gasteiger partial charge on any atom is 0.336 e. The van der Waals surface area contributed by atoms with Crippen molar-refractivity contribution >= 4 is 17.6 Å². The zero-order valence-corrected chi connectivity index (χ0v) is 13.1. The molecule has 8 heteroatoms. The maximum atomic E-state index is 12.2. The lowest BCUT2D eigenvalue weighted by molar-refractivity contribution is -0.384. The van der Waals surface area contributed by atoms with Crippen LogP contribution >= 0.6 is 0 Å². The Bertz CT molecular complexity index is 766. The number of esters is 1. The van der Waals surface area contributed by atoms with Crippen molar-refractivity contribution in [2.45, 2.75) is 19.8 Å². The summed E-state index contributed by atoms with van der Waals surface area (Å²) in [6.07, 6.45) is 1.38. The lowest BCUT2D eigenvalue weighted by Crippen LogP contribution is -2.28. The molecule has 0 bridgehead atoms. The highest BCUT2D eigenvalue weighted by Gasteiger charge is 2.35. The van der Waals surface area contributed by atoms with Gasteiger partial charge in [0.25, 0.3) is 5.69 Å². The molecule has 0 spiro atoms. The molecular weight excluding hydrogens is 316 g/mol. The summed E-state index contributed by atoms with van der Waals surface area (Å²) in [7, 11) is 0. The van der Waals surface area contributed by atoms with Crippen LogP contribution in [0.15, 0.2) is 47.3 Å². The SMILES string of the molecule is CCOC(=O)C1=CNC(C)=C(C(=O)O)C1c1cccc([N+](=O)[O-])c1. The smallest absolute Gasteiger partial charge is 0.336 e. The van der Waals surface area contributed by atoms with Crippen molar-refractivity contribution in [2.24, 2.45) is 0 Å². The van der Waals surface area contributed by atoms with E-state index in [2.05, 4.69) is 5.32 Å². The number of ether oxygens (including phenoxy) is 1. The van der Waals surface area contributed by atoms with E-state index in [1.54, 1.807) is 19.9 Å². The van der Waals surface area contributed by atoms with Gasteiger partial charge >= 0.3 is 11.9 Å². The second kappa shape index (κ2) is 6.95. The van der Waals surface area contributed by atoms with Crippen LogP contribution in [0, 0.1) is 10.1 Å². The summed E-state index contributed by atoms with van der Waals surface area (Å²) < 4.78 is 4.98. The molecule has 0 radical (unpaired) electrons. The molecule has 1 aliphatic heterocycles. The van der Waals surface area contributed by atoms with Crippen molar-refractivity contribution in [1.29, 1.82) is 0 Å². The van der Waals surface area contributed by atoms with Crippen LogP contribution in [0.3, 0.4) is 0 Å². The molecular formula is C16H16N2O6. The number of nitrogens with zero attached hydrogens (tertiary/aromatic N) is 1. The molecule has 1 aromatic rings. The van der Waals surface area contributed by atoms with Crippen molar-refractivity contribution < 1.29 is 24.4 Å². The van der Waals surface area contributed by atoms with E-state index in [-0.39, 0.29) is 23.4 Å². The number of nitro benzene ring substituents is 1. The second-order valence-electron chi connectivity index (χ2n) is 5.09. The third-order valence-corrected chi connectivity index (χ3v) is 3.60. The van der Waals surface area contributed by atoms with Crippen molar-refractivity contribution in [3.05, 3.63) is 63.0 Å². The van der Waals surface area contributed by atoms with E-state index >= 15 is 0 Å². The van der Waals surface area contributed by atoms with Crippen molar-refractivity contribution in [3.8, 4) is 0 Å². The lowest BCUT2D eigenvalue weighted by Gasteiger charge is -2.26. The molecule has 0 saturated heterocycles. The molecule has 8 nitrogen and oxygen atoms in total. The van der Waals surface area contributed by atoms with Gasteiger partial charge in [0, 0.05) is 24.0 Å². The predicted octanol–water partition coefficient (Wildman–Crippen LogP) is 2.09. The van der Waals surface area contributed by atoms with Gasteiger partial charge in [-0.3, -0.25) is 10.1 Å². The number of dihydropyridines is 1. The van der Waals surface area contributed by atoms with Gasteiger partial charge in [-0.25, -0.2) is 9.59 Å². The number of nitro groups is 1. The van der Waals surface area contributed by atoms with E-state index < -0.39 is 22.8 Å². The largest absolute Gasteiger partial charge is 0.478 e. The summed E-state index contributed by atoms with van der Waals surface area (Å²) in [5.74, 6) is -2.85. The number of rotatable bonds is 5. The number of non-ortho nitro benzene ring substituents is 1. The predicted molar refractivity (Wildman–Crippen MR) is 84.0 cm³/mol. The molecule has 1 heterocycles. The molecule has 1 atom stereocenters. The second-order valence-corrected chi connectivity index (χ2v) is 5.09. The zero-order valence-electron chi connectivity index (χ0n) is 13.1. The first kappa shape index (κ1) is 17.2. The average Bonchev–Trinajstić information content (AvgIpc) is 2.54. The Morgan fingerprint density at radius 2 is 2.12 bits per heavy atom. The van der Waals surface area contributed by atoms with E-state index in [1.165, 1.54) is 24.4 Å². The summed E-state index contributed by atoms with van der Waals surface area (Å²) >= 11 is 0. The number of carboxylic acid groups (broad SMARTS) is 1. The molecule has 1 aromatic carbocycles. The average molecular weight is 332 g/mol. The number of carbonyl (C=O) groups is 2. The fraction of sp³-hybridized carbons (Fsp3) is 0.250. The molecule has 2 N–H and O–H groups in total. The maximum absolute atomic E-state index is 12.2. The van der Waals surface area contributed by atoms with Gasteiger partial charge < -0.3 is 15.2 Å². The van der Waals surface area contributed by atoms with Crippen LogP contribution in [0.5, 0.6) is 0 Å². The number of aliphatic carboxylic acids is 1. The summed E-state index contributed by atoms with van der Waals surface area (Å²) in [5, 5.41) is 23.3. The molecule has 0 fully saturated rings. The minimum Gasteiger partial charge on any atom is -0.478 e. The molecule has 0 aromatic heterocycles. The normalized spacial score (nSPS) is 16.9. The highest BCUT2D eigenvalue weighted by Crippen LogP contribution is 2.37. The number of nitrogens with one attached hydrogen (secondary N) is 1. The Kier molecular flexibility index (Phi) is 4.98. The van der Waals surface area contributed by atoms with Gasteiger partial charge in [-0.15, -0.1) is 0 Å². The Morgan fingerprint density at radius 3 is 2.71 bits per heavy atom. The third kappa shape index (κ3) is 3.27. The van der Waals surface area contributed by atoms with Gasteiger partial charge in [0.1, 0.15) is 0 Å². The van der Waals surface area contributed by atoms with Crippen LogP contribution in [-0.4, -0.2) is 28.6 Å². The van der Waals surface area contributed by atoms with Crippen LogP contribution in [0.1, 0.15) is 25.3 Å². The number of hydrogen-bond donors (Lipinski definition) is 2. The van der Waals surface area contributed by atoms with Gasteiger partial charge in [-0.05, 0) is 19.4 Å². The van der Waals surface area contributed by atoms with Gasteiger partial charge in [0.2, 0.25) is 0 Å². The van der Waals surface area contributed by atoms with Gasteiger partial charge in [0.15, 0.2) is 0 Å². The Labute approximate surface area is 137 Å². The highest BCUT2D eigenvalue weighted by molar-refractivity contribution is 5.98. The van der Waals surface area contributed by atoms with Crippen molar-refractivity contribution in [3.63, 3.8) is 0 Å². The lowest BCUT2D eigenvalue weighted by atomic mass is 9.82. The van der Waals surface area contributed by atoms with Gasteiger partial charge in [-0.1, -0.05) is 12.1 Å². The number of carbonyl (C=O) groups excluding carboxylic acids is 1. The Morgan fingerprint density at radius 1 is 1.42 bits per heavy atom. The Hall–Kier alpha value is -3.16. The number of benzene rings is 1. The van der Waals surface area contributed by atoms with E-state index in [1.807, 2.05) is 0 Å². The first-order chi connectivity index (χ1) is 11.4. The van der Waals surface area contributed by atoms with Crippen molar-refractivity contribution in [1.82, 2.24) is 5.32 Å². The summed E-state index contributed by atoms with van der Waals surface area (Å²) in [6, 6.07) is 5.56. The zero-order chi connectivity index (χ0) is 17.9. The minimum atomic E-state index is -1.22. The minimum absolute atomic E-state index is 0.0546. The third-order valence-electron chi connectivity index (χ3n) is 3.60. The first-order valence-corrected chi connectivity index (χ1v) is 7.19. The fourth-order valence-corrected chi connectivity index (χ4v) is 2.56. The van der Waals surface area contributed by atoms with E-state index in [4.69, 9.17) is 4.74 Å². The number of allylic oxidation sites excluding steroid dienone is 1. The molecule has 0 amide bonds. The molecule has 1 unspecified atom stereocenters. The number of carboxylic acids is 1. The number of hydrogen-bond acceptors (Lipinski definition) is 6. The molecule has 24 heavy (non-hydrogen) atoms. The fourth-order valence-electron chi connectivity index (χ4n) is 2.56. The van der Waals surface area contributed by atoms with Crippen LogP contribution in [0.25, 0.3) is 0 Å². The van der Waals surface area contributed by atoms with Gasteiger partial charge in [0.05, 0.1) is 28.6 Å². The van der Waals surface area contributed by atoms with E-state index in [0.717, 1.165) is 0 Å². The van der Waals surface area contributed by atoms with Crippen LogP contribution < -0.4 is 5.32 Å². The van der Waals surface area contributed by atoms with Crippen LogP contribution in [0.2, 0.25) is 0 Å². The first-order valence-electron chi connectivity index (χ1n) is 7.19. The van der Waals surface area contributed by atoms with Crippen molar-refractivity contribution in [2.75, 3.05) is 6.61 Å². The van der Waals surface area contributed by atoms with Gasteiger partial charge in [-0.2, -0.15) is 0 Å². The van der Waals surface area contributed by atoms with E-state index in [9.17, 15) is 24.8 Å². The van der Waals surface area contributed by atoms with Crippen LogP contribution in [0.4, 0.5) is 5.69 Å². The summed E-state index contributed by atoms with van der Waals surface area (Å²) in [5.41, 5.74) is 0.534. The molecule has 126 valence electrons. The molecule has 2 rings (SSSR count). The Balaban J connectivity index is 2.60. The summed E-state index contributed by atoms with van der Waals surface area (Å²) in [6.45, 7) is 3.32. The topological polar surface area (TPSA) is 119 Å². The highest BCUT2D eigenvalue weighted by atomic mass is 16.6.